The topological polar surface area (TPSA) is 27.7 Å². The first-order chi connectivity index (χ1) is 15.6. The third-order valence-corrected chi connectivity index (χ3v) is 16.9. The van der Waals surface area contributed by atoms with Crippen molar-refractivity contribution in [1.29, 1.82) is 0 Å². The van der Waals surface area contributed by atoms with E-state index in [-0.39, 0.29) is 25.1 Å². The number of hydrogen-bond acceptors (Lipinski definition) is 3. The highest BCUT2D eigenvalue weighted by molar-refractivity contribution is 14.1. The third kappa shape index (κ3) is 4.06. The summed E-state index contributed by atoms with van der Waals surface area (Å²) in [5.74, 6) is 1.03. The van der Waals surface area contributed by atoms with Crippen molar-refractivity contribution in [2.24, 2.45) is 22.7 Å². The molecule has 5 aliphatic rings. The van der Waals surface area contributed by atoms with Gasteiger partial charge in [0.2, 0.25) is 0 Å². The molecular weight excluding hydrogens is 551 g/mol. The molecule has 34 heavy (non-hydrogen) atoms. The van der Waals surface area contributed by atoms with Crippen LogP contribution >= 0.6 is 22.6 Å². The van der Waals surface area contributed by atoms with E-state index in [1.165, 1.54) is 25.7 Å². The average molecular weight is 599 g/mol. The quantitative estimate of drug-likeness (QED) is 0.139. The molecule has 1 spiro atoms. The van der Waals surface area contributed by atoms with E-state index < -0.39 is 8.32 Å². The fourth-order valence-electron chi connectivity index (χ4n) is 7.20. The van der Waals surface area contributed by atoms with Crippen molar-refractivity contribution in [1.82, 2.24) is 0 Å². The second-order valence-corrected chi connectivity index (χ2v) is 21.2. The molecule has 0 N–H and O–H groups in total. The van der Waals surface area contributed by atoms with E-state index >= 15 is 0 Å². The molecule has 5 rings (SSSR count). The number of rotatable bonds is 2. The van der Waals surface area contributed by atoms with Gasteiger partial charge in [0, 0.05) is 18.3 Å². The molecule has 1 heterocycles. The molecule has 4 aliphatic carbocycles. The summed E-state index contributed by atoms with van der Waals surface area (Å²) in [6, 6.07) is 0. The molecule has 0 amide bonds. The van der Waals surface area contributed by atoms with Crippen LogP contribution in [0, 0.1) is 22.7 Å². The van der Waals surface area contributed by atoms with Gasteiger partial charge in [-0.15, -0.1) is 0 Å². The fraction of sp³-hybridized carbons (Fsp3) is 0.862. The van der Waals surface area contributed by atoms with Gasteiger partial charge in [0.25, 0.3) is 0 Å². The van der Waals surface area contributed by atoms with Crippen molar-refractivity contribution in [3.05, 3.63) is 23.3 Å². The zero-order valence-electron chi connectivity index (χ0n) is 22.9. The Bertz CT molecular complexity index is 890. The molecule has 0 aromatic carbocycles. The largest absolute Gasteiger partial charge is 0.413 e. The van der Waals surface area contributed by atoms with E-state index in [2.05, 4.69) is 89.4 Å². The molecule has 5 atom stereocenters. The Balaban J connectivity index is 1.37. The van der Waals surface area contributed by atoms with Crippen LogP contribution in [0.2, 0.25) is 18.1 Å². The average Bonchev–Trinajstić information content (AvgIpc) is 3.06. The zero-order chi connectivity index (χ0) is 24.8. The molecule has 0 bridgehead atoms. The molecular formula is C29H47IO3Si. The lowest BCUT2D eigenvalue weighted by atomic mass is 9.57. The first kappa shape index (κ1) is 25.9. The normalized spacial score (nSPS) is 41.3. The minimum atomic E-state index is -1.77. The predicted octanol–water partition coefficient (Wildman–Crippen LogP) is 8.20. The van der Waals surface area contributed by atoms with Crippen molar-refractivity contribution in [2.45, 2.75) is 120 Å². The maximum absolute atomic E-state index is 7.10. The summed E-state index contributed by atoms with van der Waals surface area (Å²) in [6.07, 6.45) is 13.7. The van der Waals surface area contributed by atoms with Crippen LogP contribution in [-0.4, -0.2) is 36.8 Å². The number of halogens is 1. The maximum atomic E-state index is 7.10. The van der Waals surface area contributed by atoms with Gasteiger partial charge >= 0.3 is 0 Å². The molecule has 192 valence electrons. The standard InChI is InChI=1S/C29H47IO3Si/c1-25(2,3)34(7,8)33-24-12-11-22-21-10-9-20-17-28(31-18-26(4,5)19-32-28)15-16-29(20,30)23(21)13-14-27(22,24)6/h9,13,21-22,24H,10-12,14-19H2,1-8H3/t21-,22-,24-,27-,29+/m0/s1. The Labute approximate surface area is 223 Å². The van der Waals surface area contributed by atoms with E-state index in [4.69, 9.17) is 13.9 Å². The smallest absolute Gasteiger partial charge is 0.192 e. The van der Waals surface area contributed by atoms with Crippen LogP contribution < -0.4 is 0 Å². The number of allylic oxidation sites excluding steroid dienone is 3. The van der Waals surface area contributed by atoms with Gasteiger partial charge in [-0.05, 0) is 73.1 Å². The van der Waals surface area contributed by atoms with Crippen LogP contribution in [0.3, 0.4) is 0 Å². The van der Waals surface area contributed by atoms with Crippen LogP contribution in [0.5, 0.6) is 0 Å². The number of hydrogen-bond donors (Lipinski definition) is 0. The van der Waals surface area contributed by atoms with Gasteiger partial charge < -0.3 is 13.9 Å². The van der Waals surface area contributed by atoms with Gasteiger partial charge in [0.1, 0.15) is 0 Å². The van der Waals surface area contributed by atoms with E-state index in [0.717, 1.165) is 38.4 Å². The monoisotopic (exact) mass is 598 g/mol. The molecule has 1 saturated heterocycles. The molecule has 0 radical (unpaired) electrons. The lowest BCUT2D eigenvalue weighted by Crippen LogP contribution is -2.55. The summed E-state index contributed by atoms with van der Waals surface area (Å²) in [7, 11) is -1.77. The van der Waals surface area contributed by atoms with Crippen molar-refractivity contribution in [3.63, 3.8) is 0 Å². The molecule has 0 aromatic rings. The van der Waals surface area contributed by atoms with Crippen molar-refractivity contribution >= 4 is 30.9 Å². The number of alkyl halides is 1. The Morgan fingerprint density at radius 2 is 1.71 bits per heavy atom. The molecule has 5 heteroatoms. The van der Waals surface area contributed by atoms with Gasteiger partial charge in [-0.1, -0.05) is 81.9 Å². The summed E-state index contributed by atoms with van der Waals surface area (Å²) in [6.45, 7) is 20.6. The lowest BCUT2D eigenvalue weighted by Gasteiger charge is -2.56. The van der Waals surface area contributed by atoms with Gasteiger partial charge in [-0.25, -0.2) is 0 Å². The highest BCUT2D eigenvalue weighted by Gasteiger charge is 2.59. The minimum absolute atomic E-state index is 0.123. The summed E-state index contributed by atoms with van der Waals surface area (Å²) in [5, 5.41) is 0.266. The highest BCUT2D eigenvalue weighted by Crippen LogP contribution is 2.64. The van der Waals surface area contributed by atoms with Gasteiger partial charge in [0.05, 0.1) is 22.7 Å². The first-order valence-corrected chi connectivity index (χ1v) is 17.6. The van der Waals surface area contributed by atoms with Crippen molar-refractivity contribution < 1.29 is 13.9 Å². The molecule has 2 saturated carbocycles. The first-order valence-electron chi connectivity index (χ1n) is 13.7. The van der Waals surface area contributed by atoms with Crippen LogP contribution in [0.4, 0.5) is 0 Å². The summed E-state index contributed by atoms with van der Waals surface area (Å²) < 4.78 is 20.1. The predicted molar refractivity (Wildman–Crippen MR) is 151 cm³/mol. The Hall–Kier alpha value is 0.307. The molecule has 3 fully saturated rings. The zero-order valence-corrected chi connectivity index (χ0v) is 26.0. The van der Waals surface area contributed by atoms with Gasteiger partial charge in [-0.2, -0.15) is 0 Å². The van der Waals surface area contributed by atoms with Crippen LogP contribution in [-0.2, 0) is 13.9 Å². The Morgan fingerprint density at radius 1 is 1.03 bits per heavy atom. The van der Waals surface area contributed by atoms with Crippen LogP contribution in [0.25, 0.3) is 0 Å². The molecule has 0 unspecified atom stereocenters. The summed E-state index contributed by atoms with van der Waals surface area (Å²) in [4.78, 5) is 0. The summed E-state index contributed by atoms with van der Waals surface area (Å²) >= 11 is 2.81. The van der Waals surface area contributed by atoms with Crippen molar-refractivity contribution in [2.75, 3.05) is 13.2 Å². The summed E-state index contributed by atoms with van der Waals surface area (Å²) in [5.41, 5.74) is 3.70. The van der Waals surface area contributed by atoms with Gasteiger partial charge in [0.15, 0.2) is 14.1 Å². The van der Waals surface area contributed by atoms with E-state index in [9.17, 15) is 0 Å². The minimum Gasteiger partial charge on any atom is -0.413 e. The third-order valence-electron chi connectivity index (χ3n) is 10.6. The van der Waals surface area contributed by atoms with E-state index in [0.29, 0.717) is 12.0 Å². The van der Waals surface area contributed by atoms with E-state index in [1.807, 2.05) is 0 Å². The lowest BCUT2D eigenvalue weighted by molar-refractivity contribution is -0.305. The van der Waals surface area contributed by atoms with E-state index in [1.54, 1.807) is 11.1 Å². The van der Waals surface area contributed by atoms with Crippen LogP contribution in [0.15, 0.2) is 23.3 Å². The second-order valence-electron chi connectivity index (χ2n) is 14.6. The SMILES string of the molecule is CC1(C)COC2(CC[C@@]3(I)C(=CC[C@@H]4C3=CC[C@]3(C)[C@@H](O[Si](C)(C)C(C)(C)C)CC[C@@H]43)C2)OC1. The molecule has 1 aliphatic heterocycles. The maximum Gasteiger partial charge on any atom is 0.192 e. The molecule has 0 aromatic heterocycles. The Kier molecular flexibility index (Phi) is 6.22. The van der Waals surface area contributed by atoms with Crippen molar-refractivity contribution in [3.8, 4) is 0 Å². The Morgan fingerprint density at radius 3 is 2.35 bits per heavy atom. The fourth-order valence-corrected chi connectivity index (χ4v) is 9.95. The second kappa shape index (κ2) is 8.15. The van der Waals surface area contributed by atoms with Gasteiger partial charge in [-0.3, -0.25) is 0 Å². The highest BCUT2D eigenvalue weighted by atomic mass is 127. The molecule has 3 nitrogen and oxygen atoms in total. The van der Waals surface area contributed by atoms with Crippen LogP contribution in [0.1, 0.15) is 86.5 Å². The number of fused-ring (bicyclic) bond motifs is 5. The number of ether oxygens (including phenoxy) is 2.